The Morgan fingerprint density at radius 1 is 1.00 bits per heavy atom. The molecular weight excluding hydrogens is 232 g/mol. The Balaban J connectivity index is 1.72. The zero-order valence-electron chi connectivity index (χ0n) is 13.2. The summed E-state index contributed by atoms with van der Waals surface area (Å²) in [5, 5.41) is 3.96. The van der Waals surface area contributed by atoms with Crippen molar-refractivity contribution in [1.29, 1.82) is 0 Å². The smallest absolute Gasteiger partial charge is 0.00823 e. The van der Waals surface area contributed by atoms with Gasteiger partial charge in [-0.25, -0.2) is 0 Å². The molecule has 1 N–H and O–H groups in total. The van der Waals surface area contributed by atoms with Gasteiger partial charge in [0.2, 0.25) is 0 Å². The van der Waals surface area contributed by atoms with Crippen LogP contribution in [0.1, 0.15) is 71.6 Å². The second-order valence-electron chi connectivity index (χ2n) is 6.82. The van der Waals surface area contributed by atoms with Gasteiger partial charge >= 0.3 is 0 Å². The quantitative estimate of drug-likeness (QED) is 0.814. The van der Waals surface area contributed by atoms with E-state index in [0.29, 0.717) is 0 Å². The maximum atomic E-state index is 3.96. The highest BCUT2D eigenvalue weighted by molar-refractivity contribution is 4.82. The van der Waals surface area contributed by atoms with Crippen molar-refractivity contribution in [2.45, 2.75) is 83.7 Å². The van der Waals surface area contributed by atoms with Crippen LogP contribution in [0.25, 0.3) is 0 Å². The van der Waals surface area contributed by atoms with E-state index in [-0.39, 0.29) is 0 Å². The van der Waals surface area contributed by atoms with E-state index in [1.165, 1.54) is 77.4 Å². The minimum absolute atomic E-state index is 0.739. The summed E-state index contributed by atoms with van der Waals surface area (Å²) in [5.74, 6) is 0.948. The molecule has 1 saturated carbocycles. The van der Waals surface area contributed by atoms with Crippen molar-refractivity contribution in [3.63, 3.8) is 0 Å². The van der Waals surface area contributed by atoms with Gasteiger partial charge in [-0.3, -0.25) is 0 Å². The van der Waals surface area contributed by atoms with E-state index < -0.39 is 0 Å². The van der Waals surface area contributed by atoms with Gasteiger partial charge in [0.1, 0.15) is 0 Å². The molecule has 0 bridgehead atoms. The average Bonchev–Trinajstić information content (AvgIpc) is 2.66. The van der Waals surface area contributed by atoms with E-state index in [4.69, 9.17) is 0 Å². The lowest BCUT2D eigenvalue weighted by molar-refractivity contribution is 0.251. The van der Waals surface area contributed by atoms with Crippen LogP contribution in [0.5, 0.6) is 0 Å². The van der Waals surface area contributed by atoms with E-state index in [2.05, 4.69) is 24.1 Å². The third-order valence-electron chi connectivity index (χ3n) is 5.22. The van der Waals surface area contributed by atoms with Crippen molar-refractivity contribution in [2.24, 2.45) is 5.92 Å². The molecule has 2 fully saturated rings. The maximum absolute atomic E-state index is 3.96. The summed E-state index contributed by atoms with van der Waals surface area (Å²) in [6.07, 6.45) is 12.8. The van der Waals surface area contributed by atoms with Crippen LogP contribution in [-0.4, -0.2) is 36.6 Å². The molecule has 0 spiro atoms. The lowest BCUT2D eigenvalue weighted by atomic mass is 9.84. The molecule has 2 rings (SSSR count). The number of nitrogens with one attached hydrogen (secondary N) is 1. The van der Waals surface area contributed by atoms with Crippen LogP contribution in [0.4, 0.5) is 0 Å². The monoisotopic (exact) mass is 266 g/mol. The molecule has 1 aliphatic carbocycles. The highest BCUT2D eigenvalue weighted by Gasteiger charge is 2.23. The average molecular weight is 266 g/mol. The van der Waals surface area contributed by atoms with Crippen molar-refractivity contribution in [3.05, 3.63) is 0 Å². The minimum atomic E-state index is 0.739. The van der Waals surface area contributed by atoms with Gasteiger partial charge in [0.05, 0.1) is 0 Å². The largest absolute Gasteiger partial charge is 0.311 e. The first-order valence-corrected chi connectivity index (χ1v) is 8.78. The molecule has 0 radical (unpaired) electrons. The molecule has 0 aromatic heterocycles. The fourth-order valence-electron chi connectivity index (χ4n) is 4.00. The highest BCUT2D eigenvalue weighted by atomic mass is 15.1. The molecule has 1 heterocycles. The molecule has 2 atom stereocenters. The van der Waals surface area contributed by atoms with Crippen molar-refractivity contribution < 1.29 is 0 Å². The fraction of sp³-hybridized carbons (Fsp3) is 1.00. The van der Waals surface area contributed by atoms with E-state index >= 15 is 0 Å². The first-order valence-electron chi connectivity index (χ1n) is 8.78. The molecular formula is C17H34N2. The van der Waals surface area contributed by atoms with Crippen LogP contribution in [0.3, 0.4) is 0 Å². The van der Waals surface area contributed by atoms with Crippen molar-refractivity contribution >= 4 is 0 Å². The minimum Gasteiger partial charge on any atom is -0.311 e. The first-order chi connectivity index (χ1) is 9.29. The van der Waals surface area contributed by atoms with E-state index in [1.807, 2.05) is 0 Å². The SMILES string of the molecule is CCCN1CCCC(NC(C)C2CCCCC2)CC1. The Bertz CT molecular complexity index is 235. The maximum Gasteiger partial charge on any atom is 0.00823 e. The normalized spacial score (nSPS) is 29.1. The van der Waals surface area contributed by atoms with Crippen molar-refractivity contribution in [2.75, 3.05) is 19.6 Å². The zero-order valence-corrected chi connectivity index (χ0v) is 13.2. The first kappa shape index (κ1) is 15.3. The highest BCUT2D eigenvalue weighted by Crippen LogP contribution is 2.27. The molecule has 2 aliphatic rings. The van der Waals surface area contributed by atoms with Gasteiger partial charge in [-0.15, -0.1) is 0 Å². The second-order valence-corrected chi connectivity index (χ2v) is 6.82. The topological polar surface area (TPSA) is 15.3 Å². The van der Waals surface area contributed by atoms with Crippen LogP contribution < -0.4 is 5.32 Å². The Labute approximate surface area is 120 Å². The molecule has 2 nitrogen and oxygen atoms in total. The Morgan fingerprint density at radius 3 is 2.53 bits per heavy atom. The van der Waals surface area contributed by atoms with Gasteiger partial charge < -0.3 is 10.2 Å². The second kappa shape index (κ2) is 8.26. The number of nitrogens with zero attached hydrogens (tertiary/aromatic N) is 1. The zero-order chi connectivity index (χ0) is 13.5. The van der Waals surface area contributed by atoms with Crippen LogP contribution in [-0.2, 0) is 0 Å². The van der Waals surface area contributed by atoms with Gasteiger partial charge in [-0.05, 0) is 71.0 Å². The van der Waals surface area contributed by atoms with Gasteiger partial charge in [-0.1, -0.05) is 26.2 Å². The van der Waals surface area contributed by atoms with Gasteiger partial charge in [0, 0.05) is 12.1 Å². The van der Waals surface area contributed by atoms with E-state index in [0.717, 1.165) is 18.0 Å². The predicted octanol–water partition coefficient (Wildman–Crippen LogP) is 3.81. The fourth-order valence-corrected chi connectivity index (χ4v) is 4.00. The number of likely N-dealkylation sites (tertiary alicyclic amines) is 1. The van der Waals surface area contributed by atoms with Gasteiger partial charge in [0.15, 0.2) is 0 Å². The molecule has 0 amide bonds. The number of rotatable bonds is 5. The van der Waals surface area contributed by atoms with Crippen molar-refractivity contribution in [3.8, 4) is 0 Å². The van der Waals surface area contributed by atoms with Crippen LogP contribution >= 0.6 is 0 Å². The molecule has 1 aliphatic heterocycles. The summed E-state index contributed by atoms with van der Waals surface area (Å²) in [7, 11) is 0. The molecule has 112 valence electrons. The standard InChI is InChI=1S/C17H34N2/c1-3-12-19-13-7-10-17(11-14-19)18-15(2)16-8-5-4-6-9-16/h15-18H,3-14H2,1-2H3. The summed E-state index contributed by atoms with van der Waals surface area (Å²) in [5.41, 5.74) is 0. The lowest BCUT2D eigenvalue weighted by Crippen LogP contribution is -2.42. The Morgan fingerprint density at radius 2 is 1.79 bits per heavy atom. The van der Waals surface area contributed by atoms with Crippen molar-refractivity contribution in [1.82, 2.24) is 10.2 Å². The summed E-state index contributed by atoms with van der Waals surface area (Å²) < 4.78 is 0. The van der Waals surface area contributed by atoms with E-state index in [1.54, 1.807) is 0 Å². The summed E-state index contributed by atoms with van der Waals surface area (Å²) in [6.45, 7) is 8.66. The van der Waals surface area contributed by atoms with Gasteiger partial charge in [0.25, 0.3) is 0 Å². The predicted molar refractivity (Wildman–Crippen MR) is 83.5 cm³/mol. The number of hydrogen-bond donors (Lipinski definition) is 1. The Hall–Kier alpha value is -0.0800. The third kappa shape index (κ3) is 5.07. The molecule has 2 unspecified atom stereocenters. The Kier molecular flexibility index (Phi) is 6.66. The van der Waals surface area contributed by atoms with Crippen LogP contribution in [0.2, 0.25) is 0 Å². The summed E-state index contributed by atoms with van der Waals surface area (Å²) in [6, 6.07) is 1.52. The molecule has 0 aromatic rings. The number of hydrogen-bond acceptors (Lipinski definition) is 2. The molecule has 1 saturated heterocycles. The summed E-state index contributed by atoms with van der Waals surface area (Å²) in [4.78, 5) is 2.66. The molecule has 0 aromatic carbocycles. The van der Waals surface area contributed by atoms with E-state index in [9.17, 15) is 0 Å². The van der Waals surface area contributed by atoms with Crippen LogP contribution in [0.15, 0.2) is 0 Å². The van der Waals surface area contributed by atoms with Crippen LogP contribution in [0, 0.1) is 5.92 Å². The van der Waals surface area contributed by atoms with Gasteiger partial charge in [-0.2, -0.15) is 0 Å². The lowest BCUT2D eigenvalue weighted by Gasteiger charge is -2.31. The molecule has 2 heteroatoms. The summed E-state index contributed by atoms with van der Waals surface area (Å²) >= 11 is 0. The third-order valence-corrected chi connectivity index (χ3v) is 5.22. The molecule has 19 heavy (non-hydrogen) atoms.